The van der Waals surface area contributed by atoms with Crippen molar-refractivity contribution in [1.29, 1.82) is 0 Å². The van der Waals surface area contributed by atoms with Gasteiger partial charge in [0.1, 0.15) is 0 Å². The highest BCUT2D eigenvalue weighted by Crippen LogP contribution is 2.50. The van der Waals surface area contributed by atoms with Gasteiger partial charge in [-0.2, -0.15) is 0 Å². The van der Waals surface area contributed by atoms with Crippen LogP contribution in [0.2, 0.25) is 0 Å². The summed E-state index contributed by atoms with van der Waals surface area (Å²) in [7, 11) is 0. The van der Waals surface area contributed by atoms with Crippen LogP contribution in [0.15, 0.2) is 54.6 Å². The zero-order valence-corrected chi connectivity index (χ0v) is 15.0. The first-order valence-corrected chi connectivity index (χ1v) is 9.16. The summed E-state index contributed by atoms with van der Waals surface area (Å²) < 4.78 is 5.23. The molecule has 0 fully saturated rings. The van der Waals surface area contributed by atoms with Crippen LogP contribution in [0.25, 0.3) is 0 Å². The van der Waals surface area contributed by atoms with Crippen LogP contribution in [0.3, 0.4) is 0 Å². The smallest absolute Gasteiger partial charge is 0.340 e. The van der Waals surface area contributed by atoms with Crippen molar-refractivity contribution in [2.75, 3.05) is 11.9 Å². The number of aromatic carboxylic acids is 1. The Morgan fingerprint density at radius 1 is 1.19 bits per heavy atom. The molecule has 138 valence electrons. The lowest BCUT2D eigenvalue weighted by Crippen LogP contribution is -2.30. The third-order valence-electron chi connectivity index (χ3n) is 5.41. The minimum absolute atomic E-state index is 0.00378. The van der Waals surface area contributed by atoms with E-state index in [9.17, 15) is 9.59 Å². The van der Waals surface area contributed by atoms with Crippen LogP contribution in [0, 0.1) is 5.92 Å². The molecule has 1 heterocycles. The third-order valence-corrected chi connectivity index (χ3v) is 5.41. The maximum atomic E-state index is 12.4. The number of para-hydroxylation sites is 1. The van der Waals surface area contributed by atoms with Gasteiger partial charge in [-0.05, 0) is 48.6 Å². The second kappa shape index (κ2) is 6.91. The summed E-state index contributed by atoms with van der Waals surface area (Å²) in [5.41, 5.74) is 3.75. The third kappa shape index (κ3) is 2.99. The van der Waals surface area contributed by atoms with Gasteiger partial charge in [0, 0.05) is 5.92 Å². The van der Waals surface area contributed by atoms with Crippen molar-refractivity contribution in [1.82, 2.24) is 0 Å². The van der Waals surface area contributed by atoms with Gasteiger partial charge in [0.25, 0.3) is 0 Å². The van der Waals surface area contributed by atoms with E-state index in [-0.39, 0.29) is 23.5 Å². The van der Waals surface area contributed by atoms with Gasteiger partial charge in [-0.3, -0.25) is 0 Å². The molecule has 0 aromatic heterocycles. The Labute approximate surface area is 157 Å². The summed E-state index contributed by atoms with van der Waals surface area (Å²) >= 11 is 0. The molecule has 2 aliphatic rings. The van der Waals surface area contributed by atoms with Gasteiger partial charge >= 0.3 is 11.9 Å². The SMILES string of the molecule is CCOC(=O)c1cccc2c1N[C@H](c1ccc(C(=O)O)cc1)[C@H]1CC=C[C@@H]21. The lowest BCUT2D eigenvalue weighted by atomic mass is 9.76. The molecular weight excluding hydrogens is 342 g/mol. The first-order chi connectivity index (χ1) is 13.1. The number of nitrogens with one attached hydrogen (secondary N) is 1. The van der Waals surface area contributed by atoms with Crippen molar-refractivity contribution >= 4 is 17.6 Å². The summed E-state index contributed by atoms with van der Waals surface area (Å²) in [5.74, 6) is -0.721. The molecule has 5 heteroatoms. The lowest BCUT2D eigenvalue weighted by molar-refractivity contribution is 0.0526. The number of carbonyl (C=O) groups excluding carboxylic acids is 1. The largest absolute Gasteiger partial charge is 0.478 e. The van der Waals surface area contributed by atoms with Gasteiger partial charge in [0.2, 0.25) is 0 Å². The Hall–Kier alpha value is -3.08. The lowest BCUT2D eigenvalue weighted by Gasteiger charge is -2.38. The van der Waals surface area contributed by atoms with Gasteiger partial charge in [-0.1, -0.05) is 36.4 Å². The highest BCUT2D eigenvalue weighted by molar-refractivity contribution is 5.97. The number of hydrogen-bond acceptors (Lipinski definition) is 4. The minimum Gasteiger partial charge on any atom is -0.478 e. The second-order valence-corrected chi connectivity index (χ2v) is 6.89. The zero-order chi connectivity index (χ0) is 19.0. The monoisotopic (exact) mass is 363 g/mol. The molecule has 0 unspecified atom stereocenters. The normalized spacial score (nSPS) is 22.5. The van der Waals surface area contributed by atoms with E-state index in [4.69, 9.17) is 9.84 Å². The predicted octanol–water partition coefficient (Wildman–Crippen LogP) is 4.39. The number of rotatable bonds is 4. The summed E-state index contributed by atoms with van der Waals surface area (Å²) in [4.78, 5) is 23.6. The Kier molecular flexibility index (Phi) is 4.44. The van der Waals surface area contributed by atoms with Gasteiger partial charge in [-0.25, -0.2) is 9.59 Å². The summed E-state index contributed by atoms with van der Waals surface area (Å²) in [6.45, 7) is 2.12. The quantitative estimate of drug-likeness (QED) is 0.622. The van der Waals surface area contributed by atoms with E-state index < -0.39 is 5.97 Å². The minimum atomic E-state index is -0.937. The Morgan fingerprint density at radius 3 is 2.67 bits per heavy atom. The van der Waals surface area contributed by atoms with Crippen LogP contribution in [-0.2, 0) is 4.74 Å². The van der Waals surface area contributed by atoms with Crippen molar-refractivity contribution in [3.63, 3.8) is 0 Å². The Morgan fingerprint density at radius 2 is 1.96 bits per heavy atom. The molecule has 0 saturated heterocycles. The van der Waals surface area contributed by atoms with E-state index >= 15 is 0 Å². The van der Waals surface area contributed by atoms with Gasteiger partial charge in [-0.15, -0.1) is 0 Å². The molecule has 4 rings (SSSR count). The van der Waals surface area contributed by atoms with Gasteiger partial charge in [0.05, 0.1) is 29.5 Å². The highest BCUT2D eigenvalue weighted by Gasteiger charge is 2.39. The number of hydrogen-bond donors (Lipinski definition) is 2. The molecule has 1 aliphatic heterocycles. The average Bonchev–Trinajstić information content (AvgIpc) is 3.17. The molecule has 0 amide bonds. The molecule has 3 atom stereocenters. The van der Waals surface area contributed by atoms with Crippen molar-refractivity contribution in [3.8, 4) is 0 Å². The van der Waals surface area contributed by atoms with Gasteiger partial charge in [0.15, 0.2) is 0 Å². The molecule has 2 aromatic rings. The van der Waals surface area contributed by atoms with Crippen LogP contribution in [0.5, 0.6) is 0 Å². The van der Waals surface area contributed by atoms with E-state index in [1.165, 1.54) is 0 Å². The summed E-state index contributed by atoms with van der Waals surface area (Å²) in [6, 6.07) is 12.7. The topological polar surface area (TPSA) is 75.6 Å². The highest BCUT2D eigenvalue weighted by atomic mass is 16.5. The number of ether oxygens (including phenoxy) is 1. The van der Waals surface area contributed by atoms with E-state index in [1.54, 1.807) is 25.1 Å². The van der Waals surface area contributed by atoms with Crippen LogP contribution in [-0.4, -0.2) is 23.7 Å². The van der Waals surface area contributed by atoms with Crippen molar-refractivity contribution in [3.05, 3.63) is 76.9 Å². The summed E-state index contributed by atoms with van der Waals surface area (Å²) in [6.07, 6.45) is 5.33. The molecule has 1 aliphatic carbocycles. The molecule has 2 aromatic carbocycles. The van der Waals surface area contributed by atoms with Crippen LogP contribution in [0.1, 0.15) is 57.1 Å². The van der Waals surface area contributed by atoms with Crippen molar-refractivity contribution in [2.24, 2.45) is 5.92 Å². The second-order valence-electron chi connectivity index (χ2n) is 6.89. The van der Waals surface area contributed by atoms with E-state index in [0.29, 0.717) is 18.1 Å². The van der Waals surface area contributed by atoms with Crippen molar-refractivity contribution < 1.29 is 19.4 Å². The fourth-order valence-corrected chi connectivity index (χ4v) is 4.16. The number of carboxylic acid groups (broad SMARTS) is 1. The molecule has 2 N–H and O–H groups in total. The average molecular weight is 363 g/mol. The first-order valence-electron chi connectivity index (χ1n) is 9.16. The zero-order valence-electron chi connectivity index (χ0n) is 15.0. The number of anilines is 1. The van der Waals surface area contributed by atoms with E-state index in [1.807, 2.05) is 18.2 Å². The van der Waals surface area contributed by atoms with E-state index in [0.717, 1.165) is 23.2 Å². The van der Waals surface area contributed by atoms with Crippen LogP contribution >= 0.6 is 0 Å². The molecule has 5 nitrogen and oxygen atoms in total. The standard InChI is InChI=1S/C22H21NO4/c1-2-27-22(26)18-8-4-7-17-15-5-3-6-16(15)19(23-20(17)18)13-9-11-14(12-10-13)21(24)25/h3-5,7-12,15-16,19,23H,2,6H2,1H3,(H,24,25)/t15-,16+,19-/m1/s1. The number of allylic oxidation sites excluding steroid dienone is 2. The number of esters is 1. The van der Waals surface area contributed by atoms with Crippen molar-refractivity contribution in [2.45, 2.75) is 25.3 Å². The van der Waals surface area contributed by atoms with Crippen LogP contribution in [0.4, 0.5) is 5.69 Å². The number of benzene rings is 2. The first kappa shape index (κ1) is 17.3. The fraction of sp³-hybridized carbons (Fsp3) is 0.273. The summed E-state index contributed by atoms with van der Waals surface area (Å²) in [5, 5.41) is 12.7. The molecule has 0 bridgehead atoms. The van der Waals surface area contributed by atoms with Gasteiger partial charge < -0.3 is 15.2 Å². The molecule has 0 saturated carbocycles. The maximum Gasteiger partial charge on any atom is 0.340 e. The Balaban J connectivity index is 1.75. The predicted molar refractivity (Wildman–Crippen MR) is 102 cm³/mol. The number of carboxylic acids is 1. The molecule has 0 spiro atoms. The molecular formula is C22H21NO4. The molecule has 0 radical (unpaired) electrons. The van der Waals surface area contributed by atoms with E-state index in [2.05, 4.69) is 23.5 Å². The van der Waals surface area contributed by atoms with Crippen LogP contribution < -0.4 is 5.32 Å². The molecule has 27 heavy (non-hydrogen) atoms. The number of carbonyl (C=O) groups is 2. The fourth-order valence-electron chi connectivity index (χ4n) is 4.16. The maximum absolute atomic E-state index is 12.4. The Bertz CT molecular complexity index is 916. The number of fused-ring (bicyclic) bond motifs is 3.